The molecule has 1 aliphatic heterocycles. The quantitative estimate of drug-likeness (QED) is 0.352. The first-order chi connectivity index (χ1) is 12.1. The Morgan fingerprint density at radius 1 is 0.923 bits per heavy atom. The summed E-state index contributed by atoms with van der Waals surface area (Å²) in [5.74, 6) is -2.71. The third-order valence-electron chi connectivity index (χ3n) is 3.12. The van der Waals surface area contributed by atoms with E-state index < -0.39 is 53.7 Å². The Bertz CT molecular complexity index is 602. The molecular weight excluding hydrogens is 370 g/mol. The molecule has 1 aliphatic rings. The monoisotopic (exact) mass is 389 g/mol. The predicted molar refractivity (Wildman–Crippen MR) is 85.2 cm³/mol. The maximum absolute atomic E-state index is 11.5. The molecule has 1 heterocycles. The van der Waals surface area contributed by atoms with Crippen LogP contribution in [0.3, 0.4) is 0 Å². The lowest BCUT2D eigenvalue weighted by atomic mass is 10.0. The van der Waals surface area contributed by atoms with Gasteiger partial charge in [0.25, 0.3) is 0 Å². The van der Waals surface area contributed by atoms with Crippen LogP contribution in [0.1, 0.15) is 27.7 Å². The fraction of sp³-hybridized carbons (Fsp3) is 0.667. The van der Waals surface area contributed by atoms with Crippen molar-refractivity contribution >= 4 is 35.6 Å². The molecule has 10 nitrogen and oxygen atoms in total. The average Bonchev–Trinajstić information content (AvgIpc) is 2.49. The molecule has 0 amide bonds. The summed E-state index contributed by atoms with van der Waals surface area (Å²) in [6.07, 6.45) is -4.70. The van der Waals surface area contributed by atoms with Gasteiger partial charge in [0.05, 0.1) is 0 Å². The number of hydrogen-bond acceptors (Lipinski definition) is 11. The molecule has 1 rings (SSSR count). The summed E-state index contributed by atoms with van der Waals surface area (Å²) in [6.45, 7) is 4.24. The van der Waals surface area contributed by atoms with Crippen molar-refractivity contribution in [3.8, 4) is 5.40 Å². The largest absolute Gasteiger partial charge is 0.463 e. The van der Waals surface area contributed by atoms with Crippen molar-refractivity contribution in [1.29, 1.82) is 5.26 Å². The average molecular weight is 389 g/mol. The fourth-order valence-electron chi connectivity index (χ4n) is 2.32. The number of nitriles is 1. The summed E-state index contributed by atoms with van der Waals surface area (Å²) in [7, 11) is 0. The molecule has 1 fully saturated rings. The minimum atomic E-state index is -1.28. The van der Waals surface area contributed by atoms with E-state index in [9.17, 15) is 19.2 Å². The van der Waals surface area contributed by atoms with Gasteiger partial charge in [0.1, 0.15) is 23.4 Å². The van der Waals surface area contributed by atoms with Gasteiger partial charge in [0, 0.05) is 27.7 Å². The zero-order valence-corrected chi connectivity index (χ0v) is 15.4. The molecule has 0 spiro atoms. The Hall–Kier alpha value is -2.32. The standard InChI is InChI=1S/C15H19NO9S/c1-7(17)21-5-11-12(22-8(2)18)13(23-9(3)19)14(26-6-16)15(25-11)24-10(4)20/h11-15H,5H2,1-4H3/t11-,12-,13+,14-,15?/m1/s1. The van der Waals surface area contributed by atoms with Crippen LogP contribution in [0.4, 0.5) is 0 Å². The van der Waals surface area contributed by atoms with Gasteiger partial charge in [0.15, 0.2) is 12.2 Å². The second-order valence-electron chi connectivity index (χ2n) is 5.28. The number of nitrogens with zero attached hydrogens (tertiary/aromatic N) is 1. The van der Waals surface area contributed by atoms with E-state index in [1.807, 2.05) is 5.40 Å². The van der Waals surface area contributed by atoms with Gasteiger partial charge in [-0.25, -0.2) is 0 Å². The maximum Gasteiger partial charge on any atom is 0.304 e. The molecule has 0 aromatic heterocycles. The highest BCUT2D eigenvalue weighted by Gasteiger charge is 2.52. The number of thiocyanates is 1. The maximum atomic E-state index is 11.5. The van der Waals surface area contributed by atoms with Gasteiger partial charge < -0.3 is 23.7 Å². The van der Waals surface area contributed by atoms with Crippen molar-refractivity contribution in [3.63, 3.8) is 0 Å². The van der Waals surface area contributed by atoms with Gasteiger partial charge in [-0.05, 0) is 11.8 Å². The molecule has 26 heavy (non-hydrogen) atoms. The van der Waals surface area contributed by atoms with E-state index in [1.165, 1.54) is 6.92 Å². The van der Waals surface area contributed by atoms with Crippen LogP contribution in [0.15, 0.2) is 0 Å². The third-order valence-corrected chi connectivity index (χ3v) is 3.99. The van der Waals surface area contributed by atoms with E-state index in [1.54, 1.807) is 0 Å². The van der Waals surface area contributed by atoms with Gasteiger partial charge in [-0.2, -0.15) is 5.26 Å². The summed E-state index contributed by atoms with van der Waals surface area (Å²) in [5, 5.41) is 9.86. The minimum Gasteiger partial charge on any atom is -0.463 e. The van der Waals surface area contributed by atoms with Crippen LogP contribution >= 0.6 is 11.8 Å². The number of hydrogen-bond donors (Lipinski definition) is 0. The molecule has 1 saturated heterocycles. The first-order valence-electron chi connectivity index (χ1n) is 7.51. The summed E-state index contributed by atoms with van der Waals surface area (Å²) in [4.78, 5) is 45.4. The van der Waals surface area contributed by atoms with Gasteiger partial charge in [-0.3, -0.25) is 19.2 Å². The molecule has 0 N–H and O–H groups in total. The Labute approximate surface area is 154 Å². The Morgan fingerprint density at radius 2 is 1.46 bits per heavy atom. The normalized spacial score (nSPS) is 27.6. The molecule has 1 unspecified atom stereocenters. The summed E-state index contributed by atoms with van der Waals surface area (Å²) < 4.78 is 25.9. The number of esters is 4. The van der Waals surface area contributed by atoms with Crippen LogP contribution in [-0.4, -0.2) is 60.3 Å². The van der Waals surface area contributed by atoms with Crippen molar-refractivity contribution in [1.82, 2.24) is 0 Å². The van der Waals surface area contributed by atoms with Crippen molar-refractivity contribution in [2.24, 2.45) is 0 Å². The molecule has 144 valence electrons. The number of ether oxygens (including phenoxy) is 5. The second-order valence-corrected chi connectivity index (χ2v) is 6.24. The SMILES string of the molecule is CC(=O)OC[C@H]1OC(OC(C)=O)[C@H](SC#N)[C@@H](OC(C)=O)[C@@H]1OC(C)=O. The van der Waals surface area contributed by atoms with E-state index in [2.05, 4.69) is 0 Å². The predicted octanol–water partition coefficient (Wildman–Crippen LogP) is 0.284. The van der Waals surface area contributed by atoms with Crippen LogP contribution in [0.25, 0.3) is 0 Å². The van der Waals surface area contributed by atoms with Crippen LogP contribution in [-0.2, 0) is 42.9 Å². The van der Waals surface area contributed by atoms with Gasteiger partial charge in [-0.1, -0.05) is 0 Å². The Morgan fingerprint density at radius 3 is 1.92 bits per heavy atom. The van der Waals surface area contributed by atoms with Crippen LogP contribution in [0, 0.1) is 10.7 Å². The summed E-state index contributed by atoms with van der Waals surface area (Å²) >= 11 is 0.637. The highest BCUT2D eigenvalue weighted by Crippen LogP contribution is 2.34. The number of carbonyl (C=O) groups excluding carboxylic acids is 4. The lowest BCUT2D eigenvalue weighted by Gasteiger charge is -2.43. The van der Waals surface area contributed by atoms with Crippen LogP contribution in [0.2, 0.25) is 0 Å². The zero-order valence-electron chi connectivity index (χ0n) is 14.6. The fourth-order valence-corrected chi connectivity index (χ4v) is 3.01. The topological polar surface area (TPSA) is 138 Å². The smallest absolute Gasteiger partial charge is 0.304 e. The summed E-state index contributed by atoms with van der Waals surface area (Å²) in [6, 6.07) is 0. The van der Waals surface area contributed by atoms with E-state index in [4.69, 9.17) is 28.9 Å². The second kappa shape index (κ2) is 9.98. The lowest BCUT2D eigenvalue weighted by Crippen LogP contribution is -2.61. The van der Waals surface area contributed by atoms with E-state index >= 15 is 0 Å². The van der Waals surface area contributed by atoms with E-state index in [0.29, 0.717) is 11.8 Å². The zero-order chi connectivity index (χ0) is 19.9. The number of rotatable bonds is 6. The Kier molecular flexibility index (Phi) is 8.34. The molecule has 5 atom stereocenters. The van der Waals surface area contributed by atoms with Crippen LogP contribution < -0.4 is 0 Å². The van der Waals surface area contributed by atoms with E-state index in [-0.39, 0.29) is 6.61 Å². The minimum absolute atomic E-state index is 0.341. The van der Waals surface area contributed by atoms with Gasteiger partial charge in [0.2, 0.25) is 6.29 Å². The number of carbonyl (C=O) groups is 4. The molecule has 0 saturated carbocycles. The molecule has 0 aromatic carbocycles. The highest BCUT2D eigenvalue weighted by molar-refractivity contribution is 8.04. The van der Waals surface area contributed by atoms with Crippen LogP contribution in [0.5, 0.6) is 0 Å². The van der Waals surface area contributed by atoms with Crippen molar-refractivity contribution in [3.05, 3.63) is 0 Å². The van der Waals surface area contributed by atoms with Gasteiger partial charge >= 0.3 is 23.9 Å². The molecule has 0 aromatic rings. The first kappa shape index (κ1) is 21.7. The van der Waals surface area contributed by atoms with Crippen molar-refractivity contribution in [2.75, 3.05) is 6.61 Å². The lowest BCUT2D eigenvalue weighted by molar-refractivity contribution is -0.256. The first-order valence-corrected chi connectivity index (χ1v) is 8.38. The number of thioether (sulfide) groups is 1. The summed E-state index contributed by atoms with van der Waals surface area (Å²) in [5.41, 5.74) is 0. The molecule has 0 bridgehead atoms. The molecule has 11 heteroatoms. The van der Waals surface area contributed by atoms with Crippen molar-refractivity contribution in [2.45, 2.75) is 57.5 Å². The third kappa shape index (κ3) is 6.53. The highest BCUT2D eigenvalue weighted by atomic mass is 32.2. The molecule has 0 aliphatic carbocycles. The molecular formula is C15H19NO9S. The Balaban J connectivity index is 3.24. The van der Waals surface area contributed by atoms with Crippen molar-refractivity contribution < 1.29 is 42.9 Å². The van der Waals surface area contributed by atoms with E-state index in [0.717, 1.165) is 20.8 Å². The molecule has 0 radical (unpaired) electrons. The van der Waals surface area contributed by atoms with Gasteiger partial charge in [-0.15, -0.1) is 0 Å².